The minimum Gasteiger partial charge on any atom is -0.468 e. The van der Waals surface area contributed by atoms with Crippen LogP contribution < -0.4 is 10.6 Å². The highest BCUT2D eigenvalue weighted by Gasteiger charge is 2.28. The first-order valence-corrected chi connectivity index (χ1v) is 16.8. The van der Waals surface area contributed by atoms with E-state index in [4.69, 9.17) is 4.74 Å². The van der Waals surface area contributed by atoms with E-state index in [-0.39, 0.29) is 54.2 Å². The van der Waals surface area contributed by atoms with Crippen molar-refractivity contribution < 1.29 is 23.1 Å². The number of carbonyl (C=O) groups excluding carboxylic acids is 2. The number of likely N-dealkylation sites (N-methyl/N-ethyl adjacent to an activating group) is 1. The average Bonchev–Trinajstić information content (AvgIpc) is 3.13. The summed E-state index contributed by atoms with van der Waals surface area (Å²) in [7, 11) is 3.31. The molecule has 49 heavy (non-hydrogen) atoms. The largest absolute Gasteiger partial charge is 0.468 e. The highest BCUT2D eigenvalue weighted by molar-refractivity contribution is 5.79. The molecule has 0 radical (unpaired) electrons. The Labute approximate surface area is 289 Å². The predicted molar refractivity (Wildman–Crippen MR) is 190 cm³/mol. The fraction of sp³-hybridized carbons (Fsp3) is 0.350. The topological polar surface area (TPSA) is 73.9 Å². The maximum Gasteiger partial charge on any atom is 0.319 e. The number of carbonyl (C=O) groups is 2. The highest BCUT2D eigenvalue weighted by atomic mass is 19.1. The number of hydrogen-bond acceptors (Lipinski definition) is 6. The van der Waals surface area contributed by atoms with Crippen molar-refractivity contribution in [2.24, 2.45) is 0 Å². The van der Waals surface area contributed by atoms with Gasteiger partial charge in [0.05, 0.1) is 20.2 Å². The second-order valence-electron chi connectivity index (χ2n) is 12.5. The van der Waals surface area contributed by atoms with Gasteiger partial charge in [-0.15, -0.1) is 0 Å². The zero-order valence-corrected chi connectivity index (χ0v) is 28.8. The predicted octanol–water partition coefficient (Wildman–Crippen LogP) is 6.12. The lowest BCUT2D eigenvalue weighted by atomic mass is 10.0. The molecule has 0 unspecified atom stereocenters. The van der Waals surface area contributed by atoms with Crippen LogP contribution in [0.2, 0.25) is 0 Å². The summed E-state index contributed by atoms with van der Waals surface area (Å²) in [6.45, 7) is 6.30. The van der Waals surface area contributed by atoms with Crippen molar-refractivity contribution in [3.63, 3.8) is 0 Å². The molecule has 9 heteroatoms. The fourth-order valence-electron chi connectivity index (χ4n) is 6.09. The lowest BCUT2D eigenvalue weighted by molar-refractivity contribution is -0.142. The number of methoxy groups -OCH3 is 1. The number of benzene rings is 4. The van der Waals surface area contributed by atoms with E-state index < -0.39 is 0 Å². The molecule has 260 valence electrons. The van der Waals surface area contributed by atoms with E-state index in [0.717, 1.165) is 29.7 Å². The van der Waals surface area contributed by atoms with E-state index in [1.807, 2.05) is 43.4 Å². The maximum atomic E-state index is 13.1. The van der Waals surface area contributed by atoms with Crippen LogP contribution in [0.15, 0.2) is 109 Å². The van der Waals surface area contributed by atoms with Crippen LogP contribution in [0, 0.1) is 11.6 Å². The zero-order chi connectivity index (χ0) is 35.2. The third-order valence-electron chi connectivity index (χ3n) is 9.04. The smallest absolute Gasteiger partial charge is 0.319 e. The molecule has 4 aromatic carbocycles. The molecule has 0 aliphatic carbocycles. The van der Waals surface area contributed by atoms with E-state index in [1.54, 1.807) is 24.3 Å². The molecule has 4 atom stereocenters. The first-order chi connectivity index (χ1) is 23.6. The van der Waals surface area contributed by atoms with Crippen LogP contribution in [0.3, 0.4) is 0 Å². The normalized spacial score (nSPS) is 16.6. The summed E-state index contributed by atoms with van der Waals surface area (Å²) in [5.74, 6) is -0.684. The number of hydrogen-bond donors (Lipinski definition) is 2. The zero-order valence-electron chi connectivity index (χ0n) is 28.8. The molecule has 5 rings (SSSR count). The Morgan fingerprint density at radius 3 is 1.98 bits per heavy atom. The second-order valence-corrected chi connectivity index (χ2v) is 12.5. The molecule has 0 saturated carbocycles. The molecule has 4 aromatic rings. The quantitative estimate of drug-likeness (QED) is 0.167. The van der Waals surface area contributed by atoms with Gasteiger partial charge in [0.25, 0.3) is 0 Å². The van der Waals surface area contributed by atoms with Crippen LogP contribution in [-0.2, 0) is 27.2 Å². The van der Waals surface area contributed by atoms with Crippen molar-refractivity contribution in [3.8, 4) is 0 Å². The van der Waals surface area contributed by atoms with Gasteiger partial charge in [0.15, 0.2) is 0 Å². The van der Waals surface area contributed by atoms with Crippen molar-refractivity contribution in [3.05, 3.63) is 143 Å². The number of piperazine rings is 1. The highest BCUT2D eigenvalue weighted by Crippen LogP contribution is 2.23. The number of ether oxygens (including phenoxy) is 1. The Bertz CT molecular complexity index is 1570. The molecule has 1 aliphatic heterocycles. The van der Waals surface area contributed by atoms with E-state index in [0.29, 0.717) is 19.5 Å². The van der Waals surface area contributed by atoms with Gasteiger partial charge in [-0.1, -0.05) is 84.9 Å². The lowest BCUT2D eigenvalue weighted by Crippen LogP contribution is -2.55. The number of nitrogens with zero attached hydrogens (tertiary/aromatic N) is 2. The summed E-state index contributed by atoms with van der Waals surface area (Å²) in [5, 5.41) is 6.35. The summed E-state index contributed by atoms with van der Waals surface area (Å²) in [6.07, 6.45) is 1.46. The lowest BCUT2D eigenvalue weighted by Gasteiger charge is -2.37. The average molecular weight is 671 g/mol. The van der Waals surface area contributed by atoms with E-state index in [2.05, 4.69) is 58.5 Å². The molecule has 0 bridgehead atoms. The van der Waals surface area contributed by atoms with Crippen molar-refractivity contribution in [1.82, 2.24) is 20.4 Å². The molecule has 1 fully saturated rings. The minimum atomic E-state index is -0.260. The number of halogens is 2. The molecule has 2 N–H and O–H groups in total. The van der Waals surface area contributed by atoms with Crippen LogP contribution in [0.25, 0.3) is 0 Å². The molecule has 1 saturated heterocycles. The van der Waals surface area contributed by atoms with E-state index in [9.17, 15) is 18.4 Å². The Hall–Kier alpha value is -4.44. The molecule has 0 aromatic heterocycles. The Morgan fingerprint density at radius 1 is 0.878 bits per heavy atom. The third kappa shape index (κ3) is 11.9. The standard InChI is InChI=1S/C21H27FN2O2.C19H21FN2O/c1-16(18-7-5-4-6-8-18)24(15-21(25)26-3)14-20(23-2)13-17-9-11-19(22)12-10-17;1-14(16-5-3-2-4-6-16)22-12-18(21-19(23)13-22)11-15-7-9-17(20)10-8-15/h4-12,16,20,23H,13-15H2,1-3H3;2-10,14,18H,11-13H2,1H3,(H,21,23)/t16-,20+;14-,18+/m11/s1. The van der Waals surface area contributed by atoms with Crippen LogP contribution in [0.1, 0.15) is 48.2 Å². The molecular weight excluding hydrogens is 622 g/mol. The first kappa shape index (κ1) is 37.4. The fourth-order valence-corrected chi connectivity index (χ4v) is 6.09. The minimum absolute atomic E-state index is 0.0474. The maximum absolute atomic E-state index is 13.1. The van der Waals surface area contributed by atoms with Crippen molar-refractivity contribution in [1.29, 1.82) is 0 Å². The van der Waals surface area contributed by atoms with Crippen molar-refractivity contribution in [2.45, 2.75) is 50.9 Å². The van der Waals surface area contributed by atoms with Gasteiger partial charge < -0.3 is 15.4 Å². The van der Waals surface area contributed by atoms with E-state index >= 15 is 0 Å². The second kappa shape index (κ2) is 18.9. The van der Waals surface area contributed by atoms with Crippen LogP contribution >= 0.6 is 0 Å². The number of amides is 1. The van der Waals surface area contributed by atoms with Gasteiger partial charge in [-0.05, 0) is 80.3 Å². The van der Waals surface area contributed by atoms with Gasteiger partial charge in [0, 0.05) is 37.3 Å². The molecule has 1 aliphatic rings. The van der Waals surface area contributed by atoms with Gasteiger partial charge >= 0.3 is 5.97 Å². The van der Waals surface area contributed by atoms with Gasteiger partial charge in [0.1, 0.15) is 11.6 Å². The van der Waals surface area contributed by atoms with Gasteiger partial charge in [-0.25, -0.2) is 8.78 Å². The molecular formula is C40H48F2N4O3. The van der Waals surface area contributed by atoms with Crippen molar-refractivity contribution >= 4 is 11.9 Å². The molecule has 0 spiro atoms. The summed E-state index contributed by atoms with van der Waals surface area (Å²) in [6, 6.07) is 33.8. The summed E-state index contributed by atoms with van der Waals surface area (Å²) in [4.78, 5) is 28.2. The molecule has 7 nitrogen and oxygen atoms in total. The Kier molecular flexibility index (Phi) is 14.4. The SMILES string of the molecule is CN[C@@H](Cc1ccc(F)cc1)CN(CC(=O)OC)[C@H](C)c1ccccc1.C[C@H](c1ccccc1)N1CC(=O)N[C@@H](Cc2ccc(F)cc2)C1. The van der Waals surface area contributed by atoms with Gasteiger partial charge in [0.2, 0.25) is 5.91 Å². The molecule has 1 heterocycles. The number of rotatable bonds is 13. The molecule has 1 amide bonds. The number of esters is 1. The number of nitrogens with one attached hydrogen (secondary N) is 2. The van der Waals surface area contributed by atoms with Crippen LogP contribution in [0.4, 0.5) is 8.78 Å². The summed E-state index contributed by atoms with van der Waals surface area (Å²) in [5.41, 5.74) is 4.44. The van der Waals surface area contributed by atoms with Gasteiger partial charge in [-0.3, -0.25) is 19.4 Å². The summed E-state index contributed by atoms with van der Waals surface area (Å²) >= 11 is 0. The van der Waals surface area contributed by atoms with Crippen LogP contribution in [-0.4, -0.2) is 74.1 Å². The van der Waals surface area contributed by atoms with Gasteiger partial charge in [-0.2, -0.15) is 0 Å². The van der Waals surface area contributed by atoms with Crippen LogP contribution in [0.5, 0.6) is 0 Å². The Morgan fingerprint density at radius 2 is 1.43 bits per heavy atom. The third-order valence-corrected chi connectivity index (χ3v) is 9.04. The summed E-state index contributed by atoms with van der Waals surface area (Å²) < 4.78 is 31.0. The first-order valence-electron chi connectivity index (χ1n) is 16.8. The Balaban J connectivity index is 0.000000222. The van der Waals surface area contributed by atoms with Crippen molar-refractivity contribution in [2.75, 3.05) is 40.3 Å². The monoisotopic (exact) mass is 670 g/mol. The van der Waals surface area contributed by atoms with E-state index in [1.165, 1.54) is 36.9 Å².